The van der Waals surface area contributed by atoms with Crippen molar-refractivity contribution in [3.05, 3.63) is 46.6 Å². The molecule has 1 heterocycles. The van der Waals surface area contributed by atoms with Crippen LogP contribution in [0.5, 0.6) is 0 Å². The number of carbonyl (C=O) groups excluding carboxylic acids is 1. The maximum Gasteiger partial charge on any atom is 0.172 e. The van der Waals surface area contributed by atoms with Crippen LogP contribution < -0.4 is 0 Å². The Morgan fingerprint density at radius 2 is 2.06 bits per heavy atom. The van der Waals surface area contributed by atoms with E-state index in [1.165, 1.54) is 23.5 Å². The summed E-state index contributed by atoms with van der Waals surface area (Å²) in [6.07, 6.45) is 1.45. The minimum atomic E-state index is -0.227. The van der Waals surface area contributed by atoms with Gasteiger partial charge in [-0.15, -0.1) is 11.3 Å². The van der Waals surface area contributed by atoms with Gasteiger partial charge in [-0.05, 0) is 48.7 Å². The van der Waals surface area contributed by atoms with Crippen molar-refractivity contribution in [1.82, 2.24) is 0 Å². The SMILES string of the molecule is CCCC(=O)c1ccc(-c2ccc(F)cc2C)s1. The Bertz CT molecular complexity index is 572. The van der Waals surface area contributed by atoms with E-state index in [4.69, 9.17) is 0 Å². The third kappa shape index (κ3) is 2.67. The molecule has 94 valence electrons. The molecule has 0 aliphatic rings. The van der Waals surface area contributed by atoms with Gasteiger partial charge in [0.2, 0.25) is 0 Å². The fourth-order valence-corrected chi connectivity index (χ4v) is 2.95. The predicted molar refractivity (Wildman–Crippen MR) is 73.7 cm³/mol. The molecule has 0 unspecified atom stereocenters. The highest BCUT2D eigenvalue weighted by Gasteiger charge is 2.11. The van der Waals surface area contributed by atoms with E-state index in [1.807, 2.05) is 26.0 Å². The number of hydrogen-bond acceptors (Lipinski definition) is 2. The predicted octanol–water partition coefficient (Wildman–Crippen LogP) is 4.85. The molecule has 1 aromatic heterocycles. The second kappa shape index (κ2) is 5.44. The van der Waals surface area contributed by atoms with Crippen molar-refractivity contribution >= 4 is 17.1 Å². The molecular weight excluding hydrogens is 247 g/mol. The van der Waals surface area contributed by atoms with Crippen LogP contribution in [-0.4, -0.2) is 5.78 Å². The standard InChI is InChI=1S/C15H15FOS/c1-3-4-13(17)15-8-7-14(18-15)12-6-5-11(16)9-10(12)2/h5-9H,3-4H2,1-2H3. The van der Waals surface area contributed by atoms with Crippen LogP contribution in [-0.2, 0) is 0 Å². The molecule has 18 heavy (non-hydrogen) atoms. The lowest BCUT2D eigenvalue weighted by Crippen LogP contribution is -1.93. The number of aryl methyl sites for hydroxylation is 1. The van der Waals surface area contributed by atoms with E-state index >= 15 is 0 Å². The number of Topliss-reactive ketones (excluding diaryl/α,β-unsaturated/α-hetero) is 1. The van der Waals surface area contributed by atoms with Crippen molar-refractivity contribution in [2.45, 2.75) is 26.7 Å². The Kier molecular flexibility index (Phi) is 3.92. The first-order chi connectivity index (χ1) is 8.61. The van der Waals surface area contributed by atoms with Gasteiger partial charge < -0.3 is 0 Å². The van der Waals surface area contributed by atoms with Gasteiger partial charge in [-0.3, -0.25) is 4.79 Å². The second-order valence-electron chi connectivity index (χ2n) is 4.30. The molecule has 2 aromatic rings. The summed E-state index contributed by atoms with van der Waals surface area (Å²) in [5.41, 5.74) is 1.89. The molecule has 0 aliphatic carbocycles. The summed E-state index contributed by atoms with van der Waals surface area (Å²) in [7, 11) is 0. The smallest absolute Gasteiger partial charge is 0.172 e. The lowest BCUT2D eigenvalue weighted by molar-refractivity contribution is 0.0985. The summed E-state index contributed by atoms with van der Waals surface area (Å²) in [5.74, 6) is -0.0383. The van der Waals surface area contributed by atoms with E-state index in [9.17, 15) is 9.18 Å². The molecule has 0 bridgehead atoms. The molecule has 1 aromatic carbocycles. The van der Waals surface area contributed by atoms with Gasteiger partial charge in [0.15, 0.2) is 5.78 Å². The Morgan fingerprint density at radius 1 is 1.28 bits per heavy atom. The zero-order valence-corrected chi connectivity index (χ0v) is 11.3. The number of thiophene rings is 1. The lowest BCUT2D eigenvalue weighted by atomic mass is 10.1. The Hall–Kier alpha value is -1.48. The maximum absolute atomic E-state index is 13.0. The van der Waals surface area contributed by atoms with Crippen molar-refractivity contribution in [2.75, 3.05) is 0 Å². The number of halogens is 1. The molecule has 2 rings (SSSR count). The Balaban J connectivity index is 2.32. The third-order valence-corrected chi connectivity index (χ3v) is 3.97. The highest BCUT2D eigenvalue weighted by molar-refractivity contribution is 7.17. The molecule has 0 amide bonds. The largest absolute Gasteiger partial charge is 0.293 e. The molecule has 0 radical (unpaired) electrons. The molecule has 1 nitrogen and oxygen atoms in total. The van der Waals surface area contributed by atoms with Gasteiger partial charge in [-0.2, -0.15) is 0 Å². The first-order valence-electron chi connectivity index (χ1n) is 6.01. The van der Waals surface area contributed by atoms with Gasteiger partial charge in [0.05, 0.1) is 4.88 Å². The first-order valence-corrected chi connectivity index (χ1v) is 6.83. The number of ketones is 1. The molecule has 0 spiro atoms. The zero-order chi connectivity index (χ0) is 13.1. The lowest BCUT2D eigenvalue weighted by Gasteiger charge is -2.02. The molecular formula is C15H15FOS. The van der Waals surface area contributed by atoms with Crippen molar-refractivity contribution in [1.29, 1.82) is 0 Å². The van der Waals surface area contributed by atoms with Gasteiger partial charge >= 0.3 is 0 Å². The highest BCUT2D eigenvalue weighted by atomic mass is 32.1. The summed E-state index contributed by atoms with van der Waals surface area (Å²) in [6, 6.07) is 8.54. The van der Waals surface area contributed by atoms with Crippen LogP contribution in [0.1, 0.15) is 35.0 Å². The van der Waals surface area contributed by atoms with E-state index in [0.29, 0.717) is 6.42 Å². The normalized spacial score (nSPS) is 10.6. The van der Waals surface area contributed by atoms with Crippen molar-refractivity contribution in [3.8, 4) is 10.4 Å². The zero-order valence-electron chi connectivity index (χ0n) is 10.5. The number of benzene rings is 1. The van der Waals surface area contributed by atoms with Crippen LogP contribution in [0.2, 0.25) is 0 Å². The molecule has 3 heteroatoms. The Labute approximate surface area is 110 Å². The van der Waals surface area contributed by atoms with E-state index in [2.05, 4.69) is 0 Å². The molecule has 0 aliphatic heterocycles. The molecule has 0 saturated heterocycles. The van der Waals surface area contributed by atoms with Gasteiger partial charge in [0.25, 0.3) is 0 Å². The summed E-state index contributed by atoms with van der Waals surface area (Å²) >= 11 is 1.48. The summed E-state index contributed by atoms with van der Waals surface area (Å²) in [4.78, 5) is 13.6. The molecule has 0 N–H and O–H groups in total. The van der Waals surface area contributed by atoms with Crippen molar-refractivity contribution in [3.63, 3.8) is 0 Å². The van der Waals surface area contributed by atoms with Gasteiger partial charge in [0, 0.05) is 11.3 Å². The molecule has 0 saturated carbocycles. The van der Waals surface area contributed by atoms with Gasteiger partial charge in [0.1, 0.15) is 5.82 Å². The van der Waals surface area contributed by atoms with Crippen molar-refractivity contribution in [2.24, 2.45) is 0 Å². The quantitative estimate of drug-likeness (QED) is 0.720. The van der Waals surface area contributed by atoms with Crippen molar-refractivity contribution < 1.29 is 9.18 Å². The molecule has 0 atom stereocenters. The second-order valence-corrected chi connectivity index (χ2v) is 5.38. The van der Waals surface area contributed by atoms with Crippen LogP contribution in [0, 0.1) is 12.7 Å². The van der Waals surface area contributed by atoms with Gasteiger partial charge in [-0.25, -0.2) is 4.39 Å². The van der Waals surface area contributed by atoms with Crippen LogP contribution in [0.3, 0.4) is 0 Å². The number of hydrogen-bond donors (Lipinski definition) is 0. The van der Waals surface area contributed by atoms with Crippen LogP contribution in [0.4, 0.5) is 4.39 Å². The minimum absolute atomic E-state index is 0.188. The average Bonchev–Trinajstić information content (AvgIpc) is 2.78. The number of rotatable bonds is 4. The van der Waals surface area contributed by atoms with Crippen LogP contribution in [0.15, 0.2) is 30.3 Å². The monoisotopic (exact) mass is 262 g/mol. The number of carbonyl (C=O) groups is 1. The topological polar surface area (TPSA) is 17.1 Å². The summed E-state index contributed by atoms with van der Waals surface area (Å²) in [5, 5.41) is 0. The molecule has 0 fully saturated rings. The van der Waals surface area contributed by atoms with E-state index < -0.39 is 0 Å². The fraction of sp³-hybridized carbons (Fsp3) is 0.267. The van der Waals surface area contributed by atoms with E-state index in [1.54, 1.807) is 6.07 Å². The van der Waals surface area contributed by atoms with E-state index in [0.717, 1.165) is 27.3 Å². The first kappa shape index (κ1) is 13.0. The highest BCUT2D eigenvalue weighted by Crippen LogP contribution is 2.31. The summed E-state index contributed by atoms with van der Waals surface area (Å²) < 4.78 is 13.0. The summed E-state index contributed by atoms with van der Waals surface area (Å²) in [6.45, 7) is 3.88. The van der Waals surface area contributed by atoms with Crippen LogP contribution >= 0.6 is 11.3 Å². The van der Waals surface area contributed by atoms with Crippen LogP contribution in [0.25, 0.3) is 10.4 Å². The average molecular weight is 262 g/mol. The minimum Gasteiger partial charge on any atom is -0.293 e. The Morgan fingerprint density at radius 3 is 2.72 bits per heavy atom. The maximum atomic E-state index is 13.0. The fourth-order valence-electron chi connectivity index (χ4n) is 1.89. The third-order valence-electron chi connectivity index (χ3n) is 2.81. The van der Waals surface area contributed by atoms with E-state index in [-0.39, 0.29) is 11.6 Å². The van der Waals surface area contributed by atoms with Gasteiger partial charge in [-0.1, -0.05) is 13.0 Å².